The van der Waals surface area contributed by atoms with Gasteiger partial charge in [-0.2, -0.15) is 0 Å². The Morgan fingerprint density at radius 3 is 2.32 bits per heavy atom. The normalized spacial score (nSPS) is 18.1. The van der Waals surface area contributed by atoms with Crippen LogP contribution in [0.25, 0.3) is 0 Å². The Bertz CT molecular complexity index is 1060. The summed E-state index contributed by atoms with van der Waals surface area (Å²) in [6.07, 6.45) is 7.39. The van der Waals surface area contributed by atoms with Crippen molar-refractivity contribution in [2.45, 2.75) is 51.4 Å². The maximum atomic E-state index is 13.1. The predicted octanol–water partition coefficient (Wildman–Crippen LogP) is 4.12. The smallest absolute Gasteiger partial charge is 0.324 e. The van der Waals surface area contributed by atoms with E-state index in [0.29, 0.717) is 16.5 Å². The monoisotopic (exact) mass is 438 g/mol. The third kappa shape index (κ3) is 3.44. The van der Waals surface area contributed by atoms with Crippen LogP contribution in [0.2, 0.25) is 0 Å². The van der Waals surface area contributed by atoms with E-state index in [0.717, 1.165) is 55.4 Å². The van der Waals surface area contributed by atoms with Crippen LogP contribution in [-0.2, 0) is 22.5 Å². The molecular weight excluding hydrogens is 416 g/mol. The van der Waals surface area contributed by atoms with Gasteiger partial charge in [-0.3, -0.25) is 14.4 Å². The number of thiophene rings is 1. The van der Waals surface area contributed by atoms with E-state index < -0.39 is 17.8 Å². The van der Waals surface area contributed by atoms with E-state index >= 15 is 0 Å². The Balaban J connectivity index is 1.40. The molecule has 31 heavy (non-hydrogen) atoms. The number of hydroxylamine groups is 2. The quantitative estimate of drug-likeness (QED) is 0.725. The summed E-state index contributed by atoms with van der Waals surface area (Å²) in [4.78, 5) is 57.4. The number of nitrogens with one attached hydrogen (secondary N) is 1. The molecule has 0 bridgehead atoms. The Labute approximate surface area is 183 Å². The van der Waals surface area contributed by atoms with Gasteiger partial charge in [0.2, 0.25) is 5.91 Å². The number of nitrogens with zero attached hydrogens (tertiary/aromatic N) is 1. The molecule has 7 nitrogen and oxygen atoms in total. The van der Waals surface area contributed by atoms with Gasteiger partial charge >= 0.3 is 5.97 Å². The molecule has 1 aromatic carbocycles. The number of carbonyl (C=O) groups is 4. The van der Waals surface area contributed by atoms with Crippen molar-refractivity contribution in [3.63, 3.8) is 0 Å². The van der Waals surface area contributed by atoms with Crippen molar-refractivity contribution in [3.05, 3.63) is 51.4 Å². The number of hydrogen-bond donors (Lipinski definition) is 1. The summed E-state index contributed by atoms with van der Waals surface area (Å²) in [5.41, 5.74) is 1.55. The van der Waals surface area contributed by atoms with Crippen molar-refractivity contribution in [1.82, 2.24) is 5.06 Å². The van der Waals surface area contributed by atoms with Gasteiger partial charge in [0.1, 0.15) is 10.6 Å². The van der Waals surface area contributed by atoms with Gasteiger partial charge in [-0.1, -0.05) is 36.5 Å². The van der Waals surface area contributed by atoms with E-state index in [1.807, 2.05) is 0 Å². The topological polar surface area (TPSA) is 92.8 Å². The Hall–Kier alpha value is -3.00. The fraction of sp³-hybridized carbons (Fsp3) is 0.391. The molecule has 1 N–H and O–H groups in total. The van der Waals surface area contributed by atoms with Crippen LogP contribution < -0.4 is 5.32 Å². The number of carbonyl (C=O) groups excluding carboxylic acids is 4. The SMILES string of the molecule is O=C(ON1C(=O)c2ccccc2C1=O)c1c(NC(=O)C2CCCCC2)sc2c1CCC2. The molecule has 0 saturated heterocycles. The molecule has 3 amide bonds. The Morgan fingerprint density at radius 1 is 0.968 bits per heavy atom. The lowest BCUT2D eigenvalue weighted by Crippen LogP contribution is -2.33. The summed E-state index contributed by atoms with van der Waals surface area (Å²) < 4.78 is 0. The molecule has 1 aliphatic heterocycles. The van der Waals surface area contributed by atoms with Crippen molar-refractivity contribution in [2.75, 3.05) is 5.32 Å². The van der Waals surface area contributed by atoms with Gasteiger partial charge in [-0.05, 0) is 49.8 Å². The predicted molar refractivity (Wildman–Crippen MR) is 114 cm³/mol. The largest absolute Gasteiger partial charge is 0.367 e. The van der Waals surface area contributed by atoms with Gasteiger partial charge in [0.25, 0.3) is 11.8 Å². The zero-order valence-electron chi connectivity index (χ0n) is 16.9. The van der Waals surface area contributed by atoms with E-state index in [9.17, 15) is 19.2 Å². The van der Waals surface area contributed by atoms with Crippen LogP contribution in [0.4, 0.5) is 5.00 Å². The summed E-state index contributed by atoms with van der Waals surface area (Å²) in [5, 5.41) is 3.93. The molecule has 1 aromatic heterocycles. The summed E-state index contributed by atoms with van der Waals surface area (Å²) >= 11 is 1.39. The number of imide groups is 1. The van der Waals surface area contributed by atoms with Crippen LogP contribution in [0.1, 0.15) is 80.0 Å². The Kier molecular flexibility index (Phi) is 5.09. The molecule has 8 heteroatoms. The lowest BCUT2D eigenvalue weighted by Gasteiger charge is -2.21. The van der Waals surface area contributed by atoms with Gasteiger partial charge in [0, 0.05) is 10.8 Å². The molecular formula is C23H22N2O5S. The number of fused-ring (bicyclic) bond motifs is 2. The number of rotatable bonds is 4. The second kappa shape index (κ2) is 7.92. The first-order valence-electron chi connectivity index (χ1n) is 10.7. The molecule has 2 aromatic rings. The van der Waals surface area contributed by atoms with Crippen LogP contribution >= 0.6 is 11.3 Å². The number of hydrogen-bond acceptors (Lipinski definition) is 6. The van der Waals surface area contributed by atoms with E-state index in [4.69, 9.17) is 4.84 Å². The molecule has 0 atom stereocenters. The molecule has 1 saturated carbocycles. The summed E-state index contributed by atoms with van der Waals surface area (Å²) in [6, 6.07) is 6.36. The average molecular weight is 439 g/mol. The minimum Gasteiger partial charge on any atom is -0.324 e. The van der Waals surface area contributed by atoms with Gasteiger partial charge in [0.15, 0.2) is 0 Å². The first kappa shape index (κ1) is 19.9. The van der Waals surface area contributed by atoms with E-state index in [1.54, 1.807) is 12.1 Å². The second-order valence-corrected chi connectivity index (χ2v) is 9.32. The zero-order chi connectivity index (χ0) is 21.5. The molecule has 5 rings (SSSR count). The van der Waals surface area contributed by atoms with E-state index in [2.05, 4.69) is 5.32 Å². The maximum absolute atomic E-state index is 13.1. The molecule has 2 heterocycles. The van der Waals surface area contributed by atoms with Crippen LogP contribution in [0.15, 0.2) is 24.3 Å². The highest BCUT2D eigenvalue weighted by Gasteiger charge is 2.40. The maximum Gasteiger partial charge on any atom is 0.367 e. The van der Waals surface area contributed by atoms with E-state index in [1.165, 1.54) is 23.5 Å². The second-order valence-electron chi connectivity index (χ2n) is 8.21. The summed E-state index contributed by atoms with van der Waals surface area (Å²) in [5.74, 6) is -2.23. The molecule has 0 unspecified atom stereocenters. The van der Waals surface area contributed by atoms with Crippen molar-refractivity contribution in [1.29, 1.82) is 0 Å². The van der Waals surface area contributed by atoms with Gasteiger partial charge in [-0.15, -0.1) is 11.3 Å². The highest BCUT2D eigenvalue weighted by atomic mass is 32.1. The standard InChI is InChI=1S/C23H22N2O5S/c26-19(13-7-2-1-3-8-13)24-20-18(16-11-6-12-17(16)31-20)23(29)30-25-21(27)14-9-4-5-10-15(14)22(25)28/h4-5,9-10,13H,1-3,6-8,11-12H2,(H,24,26). The summed E-state index contributed by atoms with van der Waals surface area (Å²) in [6.45, 7) is 0. The molecule has 3 aliphatic rings. The molecule has 0 spiro atoms. The fourth-order valence-electron chi connectivity index (χ4n) is 4.67. The minimum atomic E-state index is -0.784. The molecule has 0 radical (unpaired) electrons. The lowest BCUT2D eigenvalue weighted by molar-refractivity contribution is -0.120. The van der Waals surface area contributed by atoms with Crippen molar-refractivity contribution < 1.29 is 24.0 Å². The zero-order valence-corrected chi connectivity index (χ0v) is 17.8. The van der Waals surface area contributed by atoms with Gasteiger partial charge < -0.3 is 10.2 Å². The van der Waals surface area contributed by atoms with E-state index in [-0.39, 0.29) is 28.5 Å². The first-order valence-corrected chi connectivity index (χ1v) is 11.5. The molecule has 2 aliphatic carbocycles. The van der Waals surface area contributed by atoms with Crippen molar-refractivity contribution in [2.24, 2.45) is 5.92 Å². The molecule has 160 valence electrons. The highest BCUT2D eigenvalue weighted by Crippen LogP contribution is 2.40. The van der Waals surface area contributed by atoms with Crippen LogP contribution in [0.3, 0.4) is 0 Å². The number of benzene rings is 1. The number of anilines is 1. The number of aryl methyl sites for hydroxylation is 1. The number of amides is 3. The highest BCUT2D eigenvalue weighted by molar-refractivity contribution is 7.17. The van der Waals surface area contributed by atoms with Crippen LogP contribution in [-0.4, -0.2) is 28.8 Å². The third-order valence-corrected chi connectivity index (χ3v) is 7.48. The third-order valence-electron chi connectivity index (χ3n) is 6.27. The molecule has 1 fully saturated rings. The fourth-order valence-corrected chi connectivity index (χ4v) is 5.95. The first-order chi connectivity index (χ1) is 15.0. The van der Waals surface area contributed by atoms with Crippen molar-refractivity contribution in [3.8, 4) is 0 Å². The summed E-state index contributed by atoms with van der Waals surface area (Å²) in [7, 11) is 0. The lowest BCUT2D eigenvalue weighted by atomic mass is 9.89. The Morgan fingerprint density at radius 2 is 1.65 bits per heavy atom. The van der Waals surface area contributed by atoms with Gasteiger partial charge in [-0.25, -0.2) is 4.79 Å². The van der Waals surface area contributed by atoms with Crippen LogP contribution in [0.5, 0.6) is 0 Å². The minimum absolute atomic E-state index is 0.0502. The van der Waals surface area contributed by atoms with Crippen LogP contribution in [0, 0.1) is 5.92 Å². The van der Waals surface area contributed by atoms with Crippen molar-refractivity contribution >= 4 is 40.0 Å². The average Bonchev–Trinajstić information content (AvgIpc) is 3.43. The van der Waals surface area contributed by atoms with Gasteiger partial charge in [0.05, 0.1) is 11.1 Å².